The number of hydrogen-bond donors (Lipinski definition) is 3. The summed E-state index contributed by atoms with van der Waals surface area (Å²) in [5.41, 5.74) is 0. The van der Waals surface area contributed by atoms with Crippen molar-refractivity contribution in [3.8, 4) is 0 Å². The zero-order chi connectivity index (χ0) is 12.4. The van der Waals surface area contributed by atoms with Gasteiger partial charge in [0.2, 0.25) is 0 Å². The summed E-state index contributed by atoms with van der Waals surface area (Å²) in [7, 11) is 0. The second kappa shape index (κ2) is 9.11. The van der Waals surface area contributed by atoms with Crippen molar-refractivity contribution in [1.29, 1.82) is 0 Å². The molecule has 3 N–H and O–H groups in total. The normalized spacial score (nSPS) is 12.1. The Labute approximate surface area is 93.8 Å². The van der Waals surface area contributed by atoms with Crippen LogP contribution in [0.25, 0.3) is 0 Å². The lowest BCUT2D eigenvalue weighted by Crippen LogP contribution is -2.26. The standard InChI is InChI=1S/C10H18O6/c11-5-3-1-2-4-6-16-10(15)8(12)7-9(13)14/h8,11-12H,1-7H2,(H,13,14). The number of carbonyl (C=O) groups excluding carboxylic acids is 1. The van der Waals surface area contributed by atoms with Crippen LogP contribution in [0.4, 0.5) is 0 Å². The Hall–Kier alpha value is -1.14. The van der Waals surface area contributed by atoms with E-state index >= 15 is 0 Å². The van der Waals surface area contributed by atoms with Gasteiger partial charge >= 0.3 is 11.9 Å². The van der Waals surface area contributed by atoms with Crippen molar-refractivity contribution in [3.63, 3.8) is 0 Å². The smallest absolute Gasteiger partial charge is 0.335 e. The van der Waals surface area contributed by atoms with Crippen LogP contribution in [0.1, 0.15) is 32.1 Å². The lowest BCUT2D eigenvalue weighted by Gasteiger charge is -2.08. The zero-order valence-electron chi connectivity index (χ0n) is 9.09. The van der Waals surface area contributed by atoms with Crippen molar-refractivity contribution in [3.05, 3.63) is 0 Å². The van der Waals surface area contributed by atoms with Gasteiger partial charge in [-0.25, -0.2) is 4.79 Å². The minimum Gasteiger partial charge on any atom is -0.481 e. The first-order valence-electron chi connectivity index (χ1n) is 5.25. The summed E-state index contributed by atoms with van der Waals surface area (Å²) < 4.78 is 4.67. The molecular formula is C10H18O6. The molecule has 0 radical (unpaired) electrons. The molecule has 0 aliphatic heterocycles. The van der Waals surface area contributed by atoms with Gasteiger partial charge in [0, 0.05) is 6.61 Å². The van der Waals surface area contributed by atoms with Gasteiger partial charge in [-0.05, 0) is 19.3 Å². The van der Waals surface area contributed by atoms with Crippen molar-refractivity contribution < 1.29 is 29.6 Å². The van der Waals surface area contributed by atoms with E-state index in [0.29, 0.717) is 6.42 Å². The maximum Gasteiger partial charge on any atom is 0.335 e. The molecule has 6 heteroatoms. The highest BCUT2D eigenvalue weighted by Crippen LogP contribution is 2.01. The molecule has 0 saturated heterocycles. The molecule has 0 spiro atoms. The average Bonchev–Trinajstić information content (AvgIpc) is 2.21. The van der Waals surface area contributed by atoms with Crippen LogP contribution in [0.3, 0.4) is 0 Å². The molecule has 94 valence electrons. The van der Waals surface area contributed by atoms with Crippen molar-refractivity contribution in [2.75, 3.05) is 13.2 Å². The number of unbranched alkanes of at least 4 members (excludes halogenated alkanes) is 3. The van der Waals surface area contributed by atoms with Gasteiger partial charge in [0.05, 0.1) is 13.0 Å². The van der Waals surface area contributed by atoms with E-state index in [1.54, 1.807) is 0 Å². The van der Waals surface area contributed by atoms with Gasteiger partial charge in [0.15, 0.2) is 6.10 Å². The highest BCUT2D eigenvalue weighted by Gasteiger charge is 2.19. The van der Waals surface area contributed by atoms with E-state index in [4.69, 9.17) is 15.3 Å². The summed E-state index contributed by atoms with van der Waals surface area (Å²) in [6.45, 7) is 0.318. The fraction of sp³-hybridized carbons (Fsp3) is 0.800. The van der Waals surface area contributed by atoms with Crippen LogP contribution in [-0.2, 0) is 14.3 Å². The number of ether oxygens (including phenoxy) is 1. The number of carboxylic acids is 1. The van der Waals surface area contributed by atoms with Gasteiger partial charge in [0.1, 0.15) is 0 Å². The van der Waals surface area contributed by atoms with Crippen LogP contribution in [0.5, 0.6) is 0 Å². The molecular weight excluding hydrogens is 216 g/mol. The summed E-state index contributed by atoms with van der Waals surface area (Å²) in [5.74, 6) is -2.14. The van der Waals surface area contributed by atoms with Crippen LogP contribution >= 0.6 is 0 Å². The third-order valence-corrected chi connectivity index (χ3v) is 1.94. The summed E-state index contributed by atoms with van der Waals surface area (Å²) in [4.78, 5) is 21.2. The maximum absolute atomic E-state index is 11.0. The van der Waals surface area contributed by atoms with E-state index in [1.165, 1.54) is 0 Å². The third-order valence-electron chi connectivity index (χ3n) is 1.94. The SMILES string of the molecule is O=C(O)CC(O)C(=O)OCCCCCCO. The Morgan fingerprint density at radius 2 is 1.75 bits per heavy atom. The fourth-order valence-corrected chi connectivity index (χ4v) is 1.09. The molecule has 0 rings (SSSR count). The van der Waals surface area contributed by atoms with Crippen molar-refractivity contribution in [1.82, 2.24) is 0 Å². The van der Waals surface area contributed by atoms with E-state index in [9.17, 15) is 9.59 Å². The molecule has 0 fully saturated rings. The number of rotatable bonds is 9. The average molecular weight is 234 g/mol. The Kier molecular flexibility index (Phi) is 8.46. The first-order valence-corrected chi connectivity index (χ1v) is 5.25. The van der Waals surface area contributed by atoms with E-state index in [2.05, 4.69) is 4.74 Å². The largest absolute Gasteiger partial charge is 0.481 e. The number of carboxylic acid groups (broad SMARTS) is 1. The number of esters is 1. The molecule has 0 aliphatic carbocycles. The number of aliphatic carboxylic acids is 1. The Morgan fingerprint density at radius 3 is 2.31 bits per heavy atom. The predicted molar refractivity (Wildman–Crippen MR) is 54.8 cm³/mol. The molecule has 16 heavy (non-hydrogen) atoms. The fourth-order valence-electron chi connectivity index (χ4n) is 1.09. The van der Waals surface area contributed by atoms with Gasteiger partial charge < -0.3 is 20.1 Å². The zero-order valence-corrected chi connectivity index (χ0v) is 9.09. The van der Waals surface area contributed by atoms with E-state index in [0.717, 1.165) is 19.3 Å². The highest BCUT2D eigenvalue weighted by molar-refractivity contribution is 5.80. The van der Waals surface area contributed by atoms with E-state index in [1.807, 2.05) is 0 Å². The van der Waals surface area contributed by atoms with Crippen molar-refractivity contribution in [2.45, 2.75) is 38.2 Å². The predicted octanol–water partition coefficient (Wildman–Crippen LogP) is -0.0821. The number of carbonyl (C=O) groups is 2. The number of aliphatic hydroxyl groups excluding tert-OH is 2. The van der Waals surface area contributed by atoms with Crippen LogP contribution in [-0.4, -0.2) is 46.6 Å². The Balaban J connectivity index is 3.46. The first kappa shape index (κ1) is 14.9. The molecule has 0 aromatic heterocycles. The maximum atomic E-state index is 11.0. The molecule has 1 atom stereocenters. The summed E-state index contributed by atoms with van der Waals surface area (Å²) >= 11 is 0. The van der Waals surface area contributed by atoms with Crippen molar-refractivity contribution in [2.24, 2.45) is 0 Å². The van der Waals surface area contributed by atoms with Gasteiger partial charge in [-0.3, -0.25) is 4.79 Å². The topological polar surface area (TPSA) is 104 Å². The van der Waals surface area contributed by atoms with Crippen LogP contribution < -0.4 is 0 Å². The van der Waals surface area contributed by atoms with Gasteiger partial charge in [-0.15, -0.1) is 0 Å². The minimum atomic E-state index is -1.59. The summed E-state index contributed by atoms with van der Waals surface area (Å²) in [6, 6.07) is 0. The quantitative estimate of drug-likeness (QED) is 0.380. The van der Waals surface area contributed by atoms with Gasteiger partial charge in [-0.1, -0.05) is 6.42 Å². The molecule has 0 amide bonds. The molecule has 0 bridgehead atoms. The second-order valence-corrected chi connectivity index (χ2v) is 3.42. The lowest BCUT2D eigenvalue weighted by atomic mass is 10.2. The Morgan fingerprint density at radius 1 is 1.12 bits per heavy atom. The molecule has 6 nitrogen and oxygen atoms in total. The van der Waals surface area contributed by atoms with Gasteiger partial charge in [-0.2, -0.15) is 0 Å². The van der Waals surface area contributed by atoms with Crippen LogP contribution in [0.2, 0.25) is 0 Å². The third kappa shape index (κ3) is 8.19. The molecule has 0 aromatic rings. The summed E-state index contributed by atoms with van der Waals surface area (Å²) in [5, 5.41) is 25.8. The molecule has 0 aromatic carbocycles. The van der Waals surface area contributed by atoms with Crippen molar-refractivity contribution >= 4 is 11.9 Å². The minimum absolute atomic E-state index is 0.150. The Bertz CT molecular complexity index is 215. The van der Waals surface area contributed by atoms with Crippen LogP contribution in [0, 0.1) is 0 Å². The first-order chi connectivity index (χ1) is 7.57. The highest BCUT2D eigenvalue weighted by atomic mass is 16.5. The summed E-state index contributed by atoms with van der Waals surface area (Å²) in [6.07, 6.45) is 0.814. The number of aliphatic hydroxyl groups is 2. The van der Waals surface area contributed by atoms with Gasteiger partial charge in [0.25, 0.3) is 0 Å². The molecule has 0 saturated carbocycles. The molecule has 0 heterocycles. The molecule has 1 unspecified atom stereocenters. The monoisotopic (exact) mass is 234 g/mol. The van der Waals surface area contributed by atoms with E-state index < -0.39 is 24.5 Å². The molecule has 0 aliphatic rings. The van der Waals surface area contributed by atoms with E-state index in [-0.39, 0.29) is 13.2 Å². The second-order valence-electron chi connectivity index (χ2n) is 3.42. The van der Waals surface area contributed by atoms with Crippen LogP contribution in [0.15, 0.2) is 0 Å². The lowest BCUT2D eigenvalue weighted by molar-refractivity contribution is -0.158. The number of hydrogen-bond acceptors (Lipinski definition) is 5.